The van der Waals surface area contributed by atoms with E-state index in [1.165, 1.54) is 11.8 Å². The summed E-state index contributed by atoms with van der Waals surface area (Å²) in [6.45, 7) is 0. The molecule has 0 fully saturated rings. The van der Waals surface area contributed by atoms with Crippen molar-refractivity contribution in [3.8, 4) is 0 Å². The summed E-state index contributed by atoms with van der Waals surface area (Å²) in [7, 11) is 0. The Bertz CT molecular complexity index is 263. The van der Waals surface area contributed by atoms with Crippen molar-refractivity contribution in [3.05, 3.63) is 0 Å². The smallest absolute Gasteiger partial charge is 0.350 e. The SMILES string of the molecule is O=C(O)C1=N[C@@H](C(=O)O)CCSC1. The quantitative estimate of drug-likeness (QED) is 0.664. The van der Waals surface area contributed by atoms with Crippen LogP contribution >= 0.6 is 11.8 Å². The molecule has 0 amide bonds. The Morgan fingerprint density at radius 1 is 1.46 bits per heavy atom. The Hall–Kier alpha value is -1.04. The van der Waals surface area contributed by atoms with Gasteiger partial charge in [0.2, 0.25) is 0 Å². The maximum Gasteiger partial charge on any atom is 0.350 e. The molecule has 5 nitrogen and oxygen atoms in total. The van der Waals surface area contributed by atoms with Crippen LogP contribution in [-0.4, -0.2) is 45.4 Å². The van der Waals surface area contributed by atoms with Crippen molar-refractivity contribution in [2.24, 2.45) is 4.99 Å². The van der Waals surface area contributed by atoms with Gasteiger partial charge in [-0.05, 0) is 12.2 Å². The molecule has 1 heterocycles. The normalized spacial score (nSPS) is 23.1. The number of nitrogens with zero attached hydrogens (tertiary/aromatic N) is 1. The van der Waals surface area contributed by atoms with E-state index in [0.717, 1.165) is 0 Å². The van der Waals surface area contributed by atoms with Crippen molar-refractivity contribution < 1.29 is 19.8 Å². The lowest BCUT2D eigenvalue weighted by Crippen LogP contribution is -2.22. The predicted octanol–water partition coefficient (Wildman–Crippen LogP) is 0.102. The molecular weight excluding hydrogens is 194 g/mol. The van der Waals surface area contributed by atoms with Crippen LogP contribution in [0.4, 0.5) is 0 Å². The molecule has 1 atom stereocenters. The summed E-state index contributed by atoms with van der Waals surface area (Å²) in [5.74, 6) is -1.25. The summed E-state index contributed by atoms with van der Waals surface area (Å²) < 4.78 is 0. The lowest BCUT2D eigenvalue weighted by atomic mass is 10.2. The molecule has 0 spiro atoms. The van der Waals surface area contributed by atoms with E-state index in [0.29, 0.717) is 17.9 Å². The number of carbonyl (C=O) groups is 2. The molecule has 72 valence electrons. The molecule has 0 aliphatic carbocycles. The summed E-state index contributed by atoms with van der Waals surface area (Å²) in [6, 6.07) is -0.888. The third-order valence-corrected chi connectivity index (χ3v) is 2.62. The van der Waals surface area contributed by atoms with Crippen molar-refractivity contribution in [2.75, 3.05) is 11.5 Å². The second kappa shape index (κ2) is 4.27. The average molecular weight is 203 g/mol. The summed E-state index contributed by atoms with van der Waals surface area (Å²) in [4.78, 5) is 24.8. The van der Waals surface area contributed by atoms with E-state index in [1.807, 2.05) is 0 Å². The Morgan fingerprint density at radius 3 is 2.69 bits per heavy atom. The Kier molecular flexibility index (Phi) is 3.30. The highest BCUT2D eigenvalue weighted by Gasteiger charge is 2.22. The number of hydrogen-bond acceptors (Lipinski definition) is 4. The fraction of sp³-hybridized carbons (Fsp3) is 0.571. The minimum atomic E-state index is -1.12. The van der Waals surface area contributed by atoms with Crippen LogP contribution in [0.25, 0.3) is 0 Å². The number of thioether (sulfide) groups is 1. The molecule has 0 aromatic heterocycles. The third kappa shape index (κ3) is 2.73. The monoisotopic (exact) mass is 203 g/mol. The van der Waals surface area contributed by atoms with Gasteiger partial charge in [0.05, 0.1) is 0 Å². The highest BCUT2D eigenvalue weighted by Crippen LogP contribution is 2.13. The van der Waals surface area contributed by atoms with Crippen LogP contribution in [-0.2, 0) is 9.59 Å². The van der Waals surface area contributed by atoms with Crippen LogP contribution in [0.5, 0.6) is 0 Å². The van der Waals surface area contributed by atoms with Gasteiger partial charge in [-0.25, -0.2) is 9.59 Å². The van der Waals surface area contributed by atoms with Crippen LogP contribution < -0.4 is 0 Å². The third-order valence-electron chi connectivity index (χ3n) is 1.62. The summed E-state index contributed by atoms with van der Waals surface area (Å²) in [5, 5.41) is 17.3. The molecule has 1 aliphatic rings. The molecule has 1 aliphatic heterocycles. The summed E-state index contributed by atoms with van der Waals surface area (Å²) in [6.07, 6.45) is 0.400. The zero-order valence-corrected chi connectivity index (χ0v) is 7.58. The maximum atomic E-state index is 10.6. The molecule has 2 N–H and O–H groups in total. The van der Waals surface area contributed by atoms with Gasteiger partial charge in [0.25, 0.3) is 0 Å². The minimum absolute atomic E-state index is 0.0464. The van der Waals surface area contributed by atoms with E-state index in [-0.39, 0.29) is 5.71 Å². The van der Waals surface area contributed by atoms with Crippen LogP contribution in [0.3, 0.4) is 0 Å². The van der Waals surface area contributed by atoms with Gasteiger partial charge in [0, 0.05) is 5.75 Å². The number of carboxylic acids is 2. The van der Waals surface area contributed by atoms with Crippen molar-refractivity contribution >= 4 is 29.4 Å². The number of aliphatic imine (C=N–C) groups is 1. The lowest BCUT2D eigenvalue weighted by Gasteiger charge is -2.02. The fourth-order valence-corrected chi connectivity index (χ4v) is 1.88. The number of carboxylic acid groups (broad SMARTS) is 2. The minimum Gasteiger partial charge on any atom is -0.480 e. The predicted molar refractivity (Wildman–Crippen MR) is 48.4 cm³/mol. The van der Waals surface area contributed by atoms with Crippen molar-refractivity contribution in [1.82, 2.24) is 0 Å². The first-order chi connectivity index (χ1) is 6.11. The highest BCUT2D eigenvalue weighted by atomic mass is 32.2. The zero-order chi connectivity index (χ0) is 9.84. The number of aliphatic carboxylic acids is 2. The van der Waals surface area contributed by atoms with Gasteiger partial charge in [-0.2, -0.15) is 11.8 Å². The first kappa shape index (κ1) is 10.0. The van der Waals surface area contributed by atoms with E-state index in [9.17, 15) is 9.59 Å². The van der Waals surface area contributed by atoms with Crippen molar-refractivity contribution in [3.63, 3.8) is 0 Å². The lowest BCUT2D eigenvalue weighted by molar-refractivity contribution is -0.138. The van der Waals surface area contributed by atoms with Crippen molar-refractivity contribution in [1.29, 1.82) is 0 Å². The molecule has 0 aromatic rings. The molecule has 0 radical (unpaired) electrons. The summed E-state index contributed by atoms with van der Waals surface area (Å²) in [5.41, 5.74) is -0.0464. The molecule has 1 rings (SSSR count). The van der Waals surface area contributed by atoms with Crippen LogP contribution in [0.2, 0.25) is 0 Å². The van der Waals surface area contributed by atoms with Crippen LogP contribution in [0.1, 0.15) is 6.42 Å². The van der Waals surface area contributed by atoms with Gasteiger partial charge in [-0.1, -0.05) is 0 Å². The number of hydrogen-bond donors (Lipinski definition) is 2. The average Bonchev–Trinajstić information content (AvgIpc) is 2.28. The molecule has 0 unspecified atom stereocenters. The molecule has 0 saturated carbocycles. The van der Waals surface area contributed by atoms with Gasteiger partial charge in [0.15, 0.2) is 0 Å². The maximum absolute atomic E-state index is 10.6. The van der Waals surface area contributed by atoms with Crippen LogP contribution in [0, 0.1) is 0 Å². The largest absolute Gasteiger partial charge is 0.480 e. The van der Waals surface area contributed by atoms with Gasteiger partial charge >= 0.3 is 11.9 Å². The molecule has 0 saturated heterocycles. The van der Waals surface area contributed by atoms with E-state index < -0.39 is 18.0 Å². The first-order valence-electron chi connectivity index (χ1n) is 3.72. The van der Waals surface area contributed by atoms with Gasteiger partial charge in [-0.15, -0.1) is 0 Å². The van der Waals surface area contributed by atoms with E-state index in [4.69, 9.17) is 10.2 Å². The van der Waals surface area contributed by atoms with Gasteiger partial charge in [0.1, 0.15) is 11.8 Å². The Morgan fingerprint density at radius 2 is 2.15 bits per heavy atom. The van der Waals surface area contributed by atoms with E-state index in [1.54, 1.807) is 0 Å². The molecule has 0 bridgehead atoms. The molecular formula is C7H9NO4S. The van der Waals surface area contributed by atoms with E-state index in [2.05, 4.69) is 4.99 Å². The zero-order valence-electron chi connectivity index (χ0n) is 6.77. The second-order valence-corrected chi connectivity index (χ2v) is 3.68. The Labute approximate surface area is 78.9 Å². The standard InChI is InChI=1S/C7H9NO4S/c9-6(10)4-1-2-13-3-5(8-4)7(11)12/h4H,1-3H2,(H,9,10)(H,11,12)/t4-/m1/s1. The van der Waals surface area contributed by atoms with Crippen molar-refractivity contribution in [2.45, 2.75) is 12.5 Å². The number of rotatable bonds is 2. The topological polar surface area (TPSA) is 87.0 Å². The highest BCUT2D eigenvalue weighted by molar-refractivity contribution is 8.00. The first-order valence-corrected chi connectivity index (χ1v) is 4.87. The van der Waals surface area contributed by atoms with Gasteiger partial charge < -0.3 is 10.2 Å². The molecule has 0 aromatic carbocycles. The fourth-order valence-electron chi connectivity index (χ4n) is 0.949. The van der Waals surface area contributed by atoms with Gasteiger partial charge in [-0.3, -0.25) is 4.99 Å². The molecule has 13 heavy (non-hydrogen) atoms. The molecule has 6 heteroatoms. The second-order valence-electron chi connectivity index (χ2n) is 2.58. The van der Waals surface area contributed by atoms with E-state index >= 15 is 0 Å². The Balaban J connectivity index is 2.80. The summed E-state index contributed by atoms with van der Waals surface area (Å²) >= 11 is 1.40. The van der Waals surface area contributed by atoms with Crippen LogP contribution in [0.15, 0.2) is 4.99 Å².